The molecule has 0 unspecified atom stereocenters. The van der Waals surface area contributed by atoms with E-state index in [0.29, 0.717) is 6.54 Å². The van der Waals surface area contributed by atoms with Gasteiger partial charge < -0.3 is 10.3 Å². The topological polar surface area (TPSA) is 91.0 Å². The van der Waals surface area contributed by atoms with Gasteiger partial charge in [-0.1, -0.05) is 24.3 Å². The molecule has 0 saturated heterocycles. The molecule has 0 aliphatic rings. The van der Waals surface area contributed by atoms with Gasteiger partial charge in [-0.2, -0.15) is 0 Å². The van der Waals surface area contributed by atoms with Crippen LogP contribution in [0.1, 0.15) is 11.1 Å². The Morgan fingerprint density at radius 2 is 1.79 bits per heavy atom. The number of nitrogens with zero attached hydrogens (tertiary/aromatic N) is 3. The molecule has 0 spiro atoms. The molecule has 0 amide bonds. The fourth-order valence-electron chi connectivity index (χ4n) is 2.29. The second-order valence-electron chi connectivity index (χ2n) is 5.67. The molecule has 0 bridgehead atoms. The minimum atomic E-state index is -3.24. The van der Waals surface area contributed by atoms with Gasteiger partial charge in [0.1, 0.15) is 17.8 Å². The number of aromatic nitrogens is 3. The van der Waals surface area contributed by atoms with Crippen LogP contribution < -0.4 is 5.32 Å². The SMILES string of the molecule is CN(C)S(=O)(=O)Cc1ccc(CNc2ncnc3[nH]ccc23)cc1. The maximum Gasteiger partial charge on any atom is 0.217 e. The van der Waals surface area contributed by atoms with Crippen molar-refractivity contribution in [3.63, 3.8) is 0 Å². The number of hydrogen-bond acceptors (Lipinski definition) is 5. The van der Waals surface area contributed by atoms with Crippen molar-refractivity contribution in [2.75, 3.05) is 19.4 Å². The number of benzene rings is 1. The van der Waals surface area contributed by atoms with Crippen molar-refractivity contribution in [3.8, 4) is 0 Å². The van der Waals surface area contributed by atoms with Gasteiger partial charge in [-0.15, -0.1) is 0 Å². The van der Waals surface area contributed by atoms with Crippen LogP contribution in [0.2, 0.25) is 0 Å². The van der Waals surface area contributed by atoms with E-state index in [2.05, 4.69) is 20.3 Å². The minimum Gasteiger partial charge on any atom is -0.365 e. The highest BCUT2D eigenvalue weighted by Crippen LogP contribution is 2.18. The fraction of sp³-hybridized carbons (Fsp3) is 0.250. The van der Waals surface area contributed by atoms with Gasteiger partial charge >= 0.3 is 0 Å². The number of hydrogen-bond donors (Lipinski definition) is 2. The average molecular weight is 345 g/mol. The van der Waals surface area contributed by atoms with Crippen LogP contribution >= 0.6 is 0 Å². The first-order valence-electron chi connectivity index (χ1n) is 7.46. The standard InChI is InChI=1S/C16H19N5O2S/c1-21(2)24(22,23)10-13-5-3-12(4-6-13)9-18-16-14-7-8-17-15(14)19-11-20-16/h3-8,11H,9-10H2,1-2H3,(H2,17,18,19,20). The first-order valence-corrected chi connectivity index (χ1v) is 9.06. The Bertz CT molecular complexity index is 933. The van der Waals surface area contributed by atoms with Gasteiger partial charge in [0, 0.05) is 26.8 Å². The predicted molar refractivity (Wildman–Crippen MR) is 94.0 cm³/mol. The van der Waals surface area contributed by atoms with Gasteiger partial charge in [0.25, 0.3) is 0 Å². The summed E-state index contributed by atoms with van der Waals surface area (Å²) in [5, 5.41) is 4.21. The summed E-state index contributed by atoms with van der Waals surface area (Å²) in [6.45, 7) is 0.595. The first-order chi connectivity index (χ1) is 11.5. The van der Waals surface area contributed by atoms with Crippen molar-refractivity contribution in [2.24, 2.45) is 0 Å². The lowest BCUT2D eigenvalue weighted by molar-refractivity contribution is 0.519. The van der Waals surface area contributed by atoms with E-state index in [-0.39, 0.29) is 5.75 Å². The largest absolute Gasteiger partial charge is 0.365 e. The maximum absolute atomic E-state index is 11.9. The van der Waals surface area contributed by atoms with E-state index in [0.717, 1.165) is 28.0 Å². The molecule has 126 valence electrons. The van der Waals surface area contributed by atoms with Crippen LogP contribution in [0.15, 0.2) is 42.9 Å². The molecular formula is C16H19N5O2S. The number of rotatable bonds is 6. The summed E-state index contributed by atoms with van der Waals surface area (Å²) in [5.74, 6) is 0.768. The summed E-state index contributed by atoms with van der Waals surface area (Å²) in [6, 6.07) is 9.44. The molecule has 8 heteroatoms. The molecule has 2 aromatic heterocycles. The summed E-state index contributed by atoms with van der Waals surface area (Å²) in [7, 11) is -0.162. The van der Waals surface area contributed by atoms with E-state index in [1.165, 1.54) is 24.7 Å². The lowest BCUT2D eigenvalue weighted by Crippen LogP contribution is -2.23. The van der Waals surface area contributed by atoms with Crippen LogP contribution in [0, 0.1) is 0 Å². The summed E-state index contributed by atoms with van der Waals surface area (Å²) in [6.07, 6.45) is 3.33. The van der Waals surface area contributed by atoms with Gasteiger partial charge in [-0.25, -0.2) is 22.7 Å². The number of sulfonamides is 1. The summed E-state index contributed by atoms with van der Waals surface area (Å²) in [5.41, 5.74) is 2.60. The van der Waals surface area contributed by atoms with E-state index in [1.807, 2.05) is 36.5 Å². The molecule has 0 saturated carbocycles. The summed E-state index contributed by atoms with van der Waals surface area (Å²) >= 11 is 0. The Hall–Kier alpha value is -2.45. The third-order valence-corrected chi connectivity index (χ3v) is 5.55. The third kappa shape index (κ3) is 3.55. The Morgan fingerprint density at radius 3 is 2.50 bits per heavy atom. The normalized spacial score (nSPS) is 12.0. The number of anilines is 1. The van der Waals surface area contributed by atoms with Crippen molar-refractivity contribution in [1.29, 1.82) is 0 Å². The molecule has 0 radical (unpaired) electrons. The van der Waals surface area contributed by atoms with Crippen LogP contribution in [-0.4, -0.2) is 41.8 Å². The van der Waals surface area contributed by atoms with E-state index in [4.69, 9.17) is 0 Å². The molecule has 7 nitrogen and oxygen atoms in total. The number of H-pyrrole nitrogens is 1. The van der Waals surface area contributed by atoms with E-state index >= 15 is 0 Å². The number of nitrogens with one attached hydrogen (secondary N) is 2. The molecule has 0 fully saturated rings. The van der Waals surface area contributed by atoms with Crippen LogP contribution in [0.4, 0.5) is 5.82 Å². The molecular weight excluding hydrogens is 326 g/mol. The molecule has 0 aliphatic heterocycles. The van der Waals surface area contributed by atoms with Crippen LogP contribution in [0.5, 0.6) is 0 Å². The Labute approximate surface area is 140 Å². The van der Waals surface area contributed by atoms with Crippen molar-refractivity contribution < 1.29 is 8.42 Å². The number of aromatic amines is 1. The maximum atomic E-state index is 11.9. The molecule has 24 heavy (non-hydrogen) atoms. The molecule has 2 N–H and O–H groups in total. The quantitative estimate of drug-likeness (QED) is 0.713. The highest BCUT2D eigenvalue weighted by Gasteiger charge is 2.14. The van der Waals surface area contributed by atoms with Gasteiger partial charge in [0.05, 0.1) is 11.1 Å². The Kier molecular flexibility index (Phi) is 4.50. The molecule has 0 aliphatic carbocycles. The molecule has 0 atom stereocenters. The average Bonchev–Trinajstić information content (AvgIpc) is 3.03. The van der Waals surface area contributed by atoms with Gasteiger partial charge in [-0.05, 0) is 17.2 Å². The van der Waals surface area contributed by atoms with Crippen molar-refractivity contribution >= 4 is 26.9 Å². The molecule has 3 rings (SSSR count). The second-order valence-corrected chi connectivity index (χ2v) is 7.85. The lowest BCUT2D eigenvalue weighted by atomic mass is 10.1. The fourth-order valence-corrected chi connectivity index (χ4v) is 3.16. The monoisotopic (exact) mass is 345 g/mol. The lowest BCUT2D eigenvalue weighted by Gasteiger charge is -2.11. The second kappa shape index (κ2) is 6.58. The third-order valence-electron chi connectivity index (χ3n) is 3.74. The van der Waals surface area contributed by atoms with Gasteiger partial charge in [0.2, 0.25) is 10.0 Å². The smallest absolute Gasteiger partial charge is 0.217 e. The minimum absolute atomic E-state index is 0.00356. The van der Waals surface area contributed by atoms with E-state index in [1.54, 1.807) is 0 Å². The Morgan fingerprint density at radius 1 is 1.08 bits per heavy atom. The highest BCUT2D eigenvalue weighted by molar-refractivity contribution is 7.88. The van der Waals surface area contributed by atoms with Crippen molar-refractivity contribution in [1.82, 2.24) is 19.3 Å². The zero-order chi connectivity index (χ0) is 17.2. The van der Waals surface area contributed by atoms with Crippen LogP contribution in [0.3, 0.4) is 0 Å². The number of fused-ring (bicyclic) bond motifs is 1. The van der Waals surface area contributed by atoms with E-state index < -0.39 is 10.0 Å². The zero-order valence-electron chi connectivity index (χ0n) is 13.5. The summed E-state index contributed by atoms with van der Waals surface area (Å²) < 4.78 is 25.0. The molecule has 2 heterocycles. The summed E-state index contributed by atoms with van der Waals surface area (Å²) in [4.78, 5) is 11.4. The predicted octanol–water partition coefficient (Wildman–Crippen LogP) is 1.96. The van der Waals surface area contributed by atoms with Gasteiger partial charge in [-0.3, -0.25) is 0 Å². The van der Waals surface area contributed by atoms with Crippen LogP contribution in [-0.2, 0) is 22.3 Å². The Balaban J connectivity index is 1.68. The molecule has 1 aromatic carbocycles. The first kappa shape index (κ1) is 16.4. The zero-order valence-corrected chi connectivity index (χ0v) is 14.3. The van der Waals surface area contributed by atoms with Gasteiger partial charge in [0.15, 0.2) is 0 Å². The highest BCUT2D eigenvalue weighted by atomic mass is 32.2. The molecule has 3 aromatic rings. The van der Waals surface area contributed by atoms with Crippen molar-refractivity contribution in [2.45, 2.75) is 12.3 Å². The van der Waals surface area contributed by atoms with Crippen LogP contribution in [0.25, 0.3) is 11.0 Å². The van der Waals surface area contributed by atoms with Crippen molar-refractivity contribution in [3.05, 3.63) is 54.0 Å². The van der Waals surface area contributed by atoms with E-state index in [9.17, 15) is 8.42 Å².